The van der Waals surface area contributed by atoms with Gasteiger partial charge in [0.1, 0.15) is 5.60 Å². The van der Waals surface area contributed by atoms with Crippen molar-refractivity contribution in [3.8, 4) is 0 Å². The molecule has 1 saturated heterocycles. The van der Waals surface area contributed by atoms with Gasteiger partial charge < -0.3 is 15.2 Å². The van der Waals surface area contributed by atoms with Crippen LogP contribution in [0.15, 0.2) is 0 Å². The number of carbonyl (C=O) groups excluding carboxylic acids is 1. The minimum absolute atomic E-state index is 0.0788. The molecule has 0 radical (unpaired) electrons. The van der Waals surface area contributed by atoms with Crippen molar-refractivity contribution < 1.29 is 14.6 Å². The number of nitrogens with one attached hydrogen (secondary N) is 1. The average molecular weight is 199 g/mol. The molecule has 0 bridgehead atoms. The molecular weight excluding hydrogens is 182 g/mol. The first-order valence-corrected chi connectivity index (χ1v) is 5.15. The maximum absolute atomic E-state index is 11.0. The second-order valence-corrected chi connectivity index (χ2v) is 4.93. The second kappa shape index (κ2) is 3.12. The molecule has 4 heteroatoms. The second-order valence-electron chi connectivity index (χ2n) is 4.93. The Balaban J connectivity index is 2.10. The van der Waals surface area contributed by atoms with Gasteiger partial charge in [-0.25, -0.2) is 4.79 Å². The molecule has 80 valence electrons. The molecule has 2 aliphatic rings. The van der Waals surface area contributed by atoms with Crippen LogP contribution < -0.4 is 5.32 Å². The predicted octanol–water partition coefficient (Wildman–Crippen LogP) is 1.04. The van der Waals surface area contributed by atoms with Crippen molar-refractivity contribution in [3.05, 3.63) is 0 Å². The van der Waals surface area contributed by atoms with E-state index >= 15 is 0 Å². The summed E-state index contributed by atoms with van der Waals surface area (Å²) >= 11 is 0. The summed E-state index contributed by atoms with van der Waals surface area (Å²) in [5.74, 6) is 0. The van der Waals surface area contributed by atoms with Gasteiger partial charge >= 0.3 is 6.09 Å². The van der Waals surface area contributed by atoms with Crippen LogP contribution in [0, 0.1) is 5.41 Å². The third kappa shape index (κ3) is 1.59. The molecule has 2 fully saturated rings. The molecule has 2 atom stereocenters. The minimum Gasteiger partial charge on any atom is -0.441 e. The van der Waals surface area contributed by atoms with Crippen LogP contribution in [-0.4, -0.2) is 30.0 Å². The highest BCUT2D eigenvalue weighted by Gasteiger charge is 2.47. The zero-order chi connectivity index (χ0) is 10.2. The highest BCUT2D eigenvalue weighted by Crippen LogP contribution is 2.44. The number of carbonyl (C=O) groups is 1. The summed E-state index contributed by atoms with van der Waals surface area (Å²) in [5, 5.41) is 12.0. The van der Waals surface area contributed by atoms with E-state index in [9.17, 15) is 9.90 Å². The number of aliphatic hydroxyl groups excluding tert-OH is 1. The Morgan fingerprint density at radius 2 is 2.36 bits per heavy atom. The summed E-state index contributed by atoms with van der Waals surface area (Å²) in [7, 11) is 0. The maximum Gasteiger partial charge on any atom is 0.407 e. The number of rotatable bonds is 1. The average Bonchev–Trinajstić information content (AvgIpc) is 2.47. The van der Waals surface area contributed by atoms with Crippen LogP contribution in [0.4, 0.5) is 4.79 Å². The normalized spacial score (nSPS) is 42.3. The Morgan fingerprint density at radius 1 is 1.57 bits per heavy atom. The zero-order valence-corrected chi connectivity index (χ0v) is 8.51. The Hall–Kier alpha value is -0.770. The molecule has 0 aromatic heterocycles. The van der Waals surface area contributed by atoms with Gasteiger partial charge in [-0.1, -0.05) is 6.92 Å². The molecule has 2 N–H and O–H groups in total. The van der Waals surface area contributed by atoms with Crippen molar-refractivity contribution in [3.63, 3.8) is 0 Å². The van der Waals surface area contributed by atoms with E-state index in [1.165, 1.54) is 0 Å². The van der Waals surface area contributed by atoms with E-state index in [1.807, 2.05) is 0 Å². The van der Waals surface area contributed by atoms with E-state index < -0.39 is 0 Å². The molecule has 4 nitrogen and oxygen atoms in total. The summed E-state index contributed by atoms with van der Waals surface area (Å²) in [4.78, 5) is 11.0. The van der Waals surface area contributed by atoms with Gasteiger partial charge in [0.15, 0.2) is 0 Å². The van der Waals surface area contributed by atoms with Gasteiger partial charge in [0.05, 0.1) is 6.54 Å². The molecule has 14 heavy (non-hydrogen) atoms. The van der Waals surface area contributed by atoms with Crippen LogP contribution in [0.25, 0.3) is 0 Å². The standard InChI is InChI=1S/C10H17NO3/c1-9(7-12)3-2-4-10(5-9)6-11-8(13)14-10/h12H,2-7H2,1H3,(H,11,13). The van der Waals surface area contributed by atoms with Gasteiger partial charge in [-0.2, -0.15) is 0 Å². The summed E-state index contributed by atoms with van der Waals surface area (Å²) in [6.45, 7) is 2.83. The smallest absolute Gasteiger partial charge is 0.407 e. The SMILES string of the molecule is CC1(CO)CCCC2(CNC(=O)O2)C1. The van der Waals surface area contributed by atoms with Crippen LogP contribution in [0.5, 0.6) is 0 Å². The van der Waals surface area contributed by atoms with Gasteiger partial charge in [-0.3, -0.25) is 0 Å². The summed E-state index contributed by atoms with van der Waals surface area (Å²) in [6, 6.07) is 0. The topological polar surface area (TPSA) is 58.6 Å². The van der Waals surface area contributed by atoms with E-state index in [0.717, 1.165) is 25.7 Å². The molecule has 2 unspecified atom stereocenters. The van der Waals surface area contributed by atoms with Crippen LogP contribution in [0.3, 0.4) is 0 Å². The Kier molecular flexibility index (Phi) is 2.18. The quantitative estimate of drug-likeness (QED) is 0.663. The van der Waals surface area contributed by atoms with Crippen molar-refractivity contribution >= 4 is 6.09 Å². The fourth-order valence-electron chi connectivity index (χ4n) is 2.67. The number of hydrogen-bond donors (Lipinski definition) is 2. The first kappa shape index (κ1) is 9.77. The first-order chi connectivity index (χ1) is 6.58. The lowest BCUT2D eigenvalue weighted by Crippen LogP contribution is -2.44. The molecular formula is C10H17NO3. The van der Waals surface area contributed by atoms with E-state index in [-0.39, 0.29) is 23.7 Å². The van der Waals surface area contributed by atoms with Crippen molar-refractivity contribution in [2.24, 2.45) is 5.41 Å². The molecule has 0 aromatic carbocycles. The fraction of sp³-hybridized carbons (Fsp3) is 0.900. The lowest BCUT2D eigenvalue weighted by molar-refractivity contribution is -0.0398. The molecule has 1 saturated carbocycles. The first-order valence-electron chi connectivity index (χ1n) is 5.15. The lowest BCUT2D eigenvalue weighted by atomic mass is 9.69. The van der Waals surface area contributed by atoms with Crippen molar-refractivity contribution in [1.82, 2.24) is 5.32 Å². The van der Waals surface area contributed by atoms with Crippen molar-refractivity contribution in [1.29, 1.82) is 0 Å². The third-order valence-corrected chi connectivity index (χ3v) is 3.41. The Labute approximate surface area is 83.6 Å². The zero-order valence-electron chi connectivity index (χ0n) is 8.51. The number of amides is 1. The molecule has 0 aromatic rings. The van der Waals surface area contributed by atoms with E-state index in [4.69, 9.17) is 4.74 Å². The van der Waals surface area contributed by atoms with E-state index in [0.29, 0.717) is 6.54 Å². The molecule has 1 aliphatic heterocycles. The maximum atomic E-state index is 11.0. The van der Waals surface area contributed by atoms with Gasteiger partial charge in [-0.05, 0) is 31.1 Å². The number of hydrogen-bond acceptors (Lipinski definition) is 3. The van der Waals surface area contributed by atoms with Crippen LogP contribution in [0.1, 0.15) is 32.6 Å². The number of ether oxygens (including phenoxy) is 1. The molecule has 1 heterocycles. The van der Waals surface area contributed by atoms with Crippen LogP contribution in [-0.2, 0) is 4.74 Å². The van der Waals surface area contributed by atoms with Crippen LogP contribution in [0.2, 0.25) is 0 Å². The van der Waals surface area contributed by atoms with Crippen molar-refractivity contribution in [2.45, 2.75) is 38.2 Å². The largest absolute Gasteiger partial charge is 0.441 e. The molecule has 1 aliphatic carbocycles. The molecule has 1 amide bonds. The van der Waals surface area contributed by atoms with Crippen LogP contribution >= 0.6 is 0 Å². The predicted molar refractivity (Wildman–Crippen MR) is 50.9 cm³/mol. The summed E-state index contributed by atoms with van der Waals surface area (Å²) in [5.41, 5.74) is -0.419. The van der Waals surface area contributed by atoms with E-state index in [1.54, 1.807) is 0 Å². The van der Waals surface area contributed by atoms with Gasteiger partial charge in [0.2, 0.25) is 0 Å². The van der Waals surface area contributed by atoms with Gasteiger partial charge in [0.25, 0.3) is 0 Å². The monoisotopic (exact) mass is 199 g/mol. The minimum atomic E-state index is -0.340. The summed E-state index contributed by atoms with van der Waals surface area (Å²) in [6.07, 6.45) is 3.41. The third-order valence-electron chi connectivity index (χ3n) is 3.41. The number of aliphatic hydroxyl groups is 1. The number of alkyl carbamates (subject to hydrolysis) is 1. The Morgan fingerprint density at radius 3 is 2.93 bits per heavy atom. The highest BCUT2D eigenvalue weighted by molar-refractivity contribution is 5.70. The van der Waals surface area contributed by atoms with E-state index in [2.05, 4.69) is 12.2 Å². The highest BCUT2D eigenvalue weighted by atomic mass is 16.6. The van der Waals surface area contributed by atoms with Crippen molar-refractivity contribution in [2.75, 3.05) is 13.2 Å². The molecule has 2 rings (SSSR count). The summed E-state index contributed by atoms with van der Waals surface area (Å²) < 4.78 is 5.33. The van der Waals surface area contributed by atoms with Gasteiger partial charge in [0, 0.05) is 6.61 Å². The molecule has 1 spiro atoms. The van der Waals surface area contributed by atoms with Gasteiger partial charge in [-0.15, -0.1) is 0 Å². The Bertz CT molecular complexity index is 256. The lowest BCUT2D eigenvalue weighted by Gasteiger charge is -2.41. The fourth-order valence-corrected chi connectivity index (χ4v) is 2.67.